The lowest BCUT2D eigenvalue weighted by Gasteiger charge is -2.01. The van der Waals surface area contributed by atoms with Crippen LogP contribution >= 0.6 is 0 Å². The minimum Gasteiger partial charge on any atom is -0.303 e. The number of unbranched alkanes of at least 4 members (excludes halogenated alkanes) is 9. The molecule has 0 aromatic carbocycles. The van der Waals surface area contributed by atoms with Gasteiger partial charge in [0.2, 0.25) is 0 Å². The van der Waals surface area contributed by atoms with E-state index in [9.17, 15) is 4.79 Å². The van der Waals surface area contributed by atoms with Crippen LogP contribution in [0.1, 0.15) is 88.0 Å². The molecule has 0 fully saturated rings. The van der Waals surface area contributed by atoms with E-state index in [1.165, 1.54) is 44.9 Å². The molecule has 0 aromatic heterocycles. The van der Waals surface area contributed by atoms with E-state index in [1.807, 2.05) is 0 Å². The predicted octanol–water partition coefficient (Wildman–Crippen LogP) is 4.89. The molecule has 1 heteroatoms. The summed E-state index contributed by atoms with van der Waals surface area (Å²) in [5.41, 5.74) is 0. The first-order valence-corrected chi connectivity index (χ1v) is 6.51. The van der Waals surface area contributed by atoms with Gasteiger partial charge >= 0.3 is 0 Å². The zero-order valence-corrected chi connectivity index (χ0v) is 10.2. The maximum atomic E-state index is 10.6. The second-order valence-corrected chi connectivity index (χ2v) is 4.21. The van der Waals surface area contributed by atoms with Gasteiger partial charge in [0.15, 0.2) is 0 Å². The topological polar surface area (TPSA) is 17.1 Å². The highest BCUT2D eigenvalue weighted by atomic mass is 16.1. The normalized spacial score (nSPS) is 14.3. The summed E-state index contributed by atoms with van der Waals surface area (Å²) in [5, 5.41) is 0. The van der Waals surface area contributed by atoms with Crippen molar-refractivity contribution >= 4 is 6.26 Å². The fraction of sp³-hybridized carbons (Fsp3) is 0.929. The van der Waals surface area contributed by atoms with Crippen LogP contribution in [0.3, 0.4) is 0 Å². The smallest absolute Gasteiger partial charge is 0.119 e. The van der Waals surface area contributed by atoms with Crippen molar-refractivity contribution in [1.29, 1.82) is 0 Å². The highest BCUT2D eigenvalue weighted by Crippen LogP contribution is 2.11. The molecule has 0 atom stereocenters. The zero-order chi connectivity index (χ0) is 13.9. The molecule has 90 valence electrons. The number of carbonyl (C=O) groups is 1. The number of hydrogen-bond donors (Lipinski definition) is 0. The Labute approximate surface area is 99.9 Å². The fourth-order valence-corrected chi connectivity index (χ4v) is 1.75. The van der Waals surface area contributed by atoms with Gasteiger partial charge in [-0.2, -0.15) is 0 Å². The van der Waals surface area contributed by atoms with Crippen LogP contribution in [0.5, 0.6) is 0 Å². The van der Waals surface area contributed by atoms with Crippen LogP contribution in [0.25, 0.3) is 0 Å². The van der Waals surface area contributed by atoms with Gasteiger partial charge in [-0.25, -0.2) is 0 Å². The summed E-state index contributed by atoms with van der Waals surface area (Å²) >= 11 is 0. The van der Waals surface area contributed by atoms with Crippen molar-refractivity contribution in [2.24, 2.45) is 0 Å². The van der Waals surface area contributed by atoms with Crippen molar-refractivity contribution in [3.63, 3.8) is 0 Å². The van der Waals surface area contributed by atoms with Gasteiger partial charge in [-0.05, 0) is 6.42 Å². The van der Waals surface area contributed by atoms with Crippen molar-refractivity contribution in [2.75, 3.05) is 0 Å². The van der Waals surface area contributed by atoms with Crippen molar-refractivity contribution in [3.05, 3.63) is 0 Å². The average Bonchev–Trinajstić information content (AvgIpc) is 2.31. The van der Waals surface area contributed by atoms with Gasteiger partial charge in [0.25, 0.3) is 0 Å². The zero-order valence-electron chi connectivity index (χ0n) is 13.2. The molecule has 0 spiro atoms. The third-order valence-corrected chi connectivity index (χ3v) is 2.73. The molecule has 0 aromatic rings. The van der Waals surface area contributed by atoms with Crippen molar-refractivity contribution in [1.82, 2.24) is 0 Å². The molecule has 0 heterocycles. The highest BCUT2D eigenvalue weighted by molar-refractivity contribution is 5.48. The van der Waals surface area contributed by atoms with Crippen LogP contribution in [0.4, 0.5) is 0 Å². The second kappa shape index (κ2) is 13.7. The van der Waals surface area contributed by atoms with E-state index in [-0.39, 0.29) is 6.42 Å². The monoisotopic (exact) mass is 215 g/mol. The summed E-state index contributed by atoms with van der Waals surface area (Å²) < 4.78 is 21.4. The van der Waals surface area contributed by atoms with E-state index in [0.29, 0.717) is 6.42 Å². The SMILES string of the molecule is [2H]C(=O)C([2H])([2H])CCCCCCCCCCCC. The van der Waals surface area contributed by atoms with Crippen molar-refractivity contribution in [3.8, 4) is 0 Å². The Balaban J connectivity index is 3.24. The first-order valence-electron chi connectivity index (χ1n) is 8.01. The molecule has 0 bridgehead atoms. The number of aldehydes is 1. The van der Waals surface area contributed by atoms with Gasteiger partial charge in [0.05, 0.1) is 0 Å². The molecule has 1 nitrogen and oxygen atoms in total. The van der Waals surface area contributed by atoms with Crippen LogP contribution in [-0.4, -0.2) is 6.26 Å². The molecule has 0 saturated heterocycles. The molecular formula is C14H28O. The van der Waals surface area contributed by atoms with Gasteiger partial charge in [-0.3, -0.25) is 0 Å². The third-order valence-electron chi connectivity index (χ3n) is 2.73. The van der Waals surface area contributed by atoms with E-state index in [2.05, 4.69) is 6.92 Å². The van der Waals surface area contributed by atoms with Gasteiger partial charge in [-0.15, -0.1) is 0 Å². The molecular weight excluding hydrogens is 184 g/mol. The van der Waals surface area contributed by atoms with Crippen molar-refractivity contribution in [2.45, 2.75) is 83.9 Å². The van der Waals surface area contributed by atoms with E-state index in [0.717, 1.165) is 12.8 Å². The summed E-state index contributed by atoms with van der Waals surface area (Å²) in [6.45, 7) is 2.22. The van der Waals surface area contributed by atoms with E-state index in [4.69, 9.17) is 4.11 Å². The highest BCUT2D eigenvalue weighted by Gasteiger charge is 1.92. The molecule has 0 aliphatic carbocycles. The third kappa shape index (κ3) is 13.7. The van der Waals surface area contributed by atoms with Gasteiger partial charge in [-0.1, -0.05) is 71.1 Å². The Kier molecular flexibility index (Phi) is 8.99. The Bertz CT molecular complexity index is 217. The van der Waals surface area contributed by atoms with Crippen LogP contribution in [0.2, 0.25) is 0 Å². The summed E-state index contributed by atoms with van der Waals surface area (Å²) in [6.07, 6.45) is 9.11. The van der Waals surface area contributed by atoms with Gasteiger partial charge < -0.3 is 4.79 Å². The van der Waals surface area contributed by atoms with Crippen LogP contribution in [0.15, 0.2) is 0 Å². The molecule has 0 saturated carbocycles. The van der Waals surface area contributed by atoms with E-state index >= 15 is 0 Å². The minimum atomic E-state index is -1.93. The molecule has 0 radical (unpaired) electrons. The Morgan fingerprint density at radius 3 is 1.67 bits per heavy atom. The van der Waals surface area contributed by atoms with E-state index < -0.39 is 12.6 Å². The quantitative estimate of drug-likeness (QED) is 0.335. The maximum Gasteiger partial charge on any atom is 0.119 e. The molecule has 0 aliphatic rings. The lowest BCUT2D eigenvalue weighted by Crippen LogP contribution is -1.82. The molecule has 0 rings (SSSR count). The summed E-state index contributed by atoms with van der Waals surface area (Å²) in [7, 11) is 0. The summed E-state index contributed by atoms with van der Waals surface area (Å²) in [6, 6.07) is 0. The van der Waals surface area contributed by atoms with Crippen LogP contribution in [0, 0.1) is 0 Å². The molecule has 0 aliphatic heterocycles. The van der Waals surface area contributed by atoms with Crippen LogP contribution < -0.4 is 0 Å². The second-order valence-electron chi connectivity index (χ2n) is 4.21. The Morgan fingerprint density at radius 1 is 0.867 bits per heavy atom. The molecule has 15 heavy (non-hydrogen) atoms. The molecule has 0 amide bonds. The number of carbonyl (C=O) groups excluding carboxylic acids is 1. The van der Waals surface area contributed by atoms with Gasteiger partial charge in [0, 0.05) is 9.11 Å². The lowest BCUT2D eigenvalue weighted by molar-refractivity contribution is -0.107. The minimum absolute atomic E-state index is 0.200. The summed E-state index contributed by atoms with van der Waals surface area (Å²) in [5.74, 6) is 0. The Hall–Kier alpha value is -0.330. The van der Waals surface area contributed by atoms with Crippen molar-refractivity contribution < 1.29 is 8.91 Å². The molecule has 0 unspecified atom stereocenters. The standard InChI is InChI=1S/C14H28O/c1-2-3-4-5-6-7-8-9-10-11-12-13-14-15/h14H,2-13H2,1H3/i13D2,14D. The largest absolute Gasteiger partial charge is 0.303 e. The first-order chi connectivity index (χ1) is 8.50. The fourth-order valence-electron chi connectivity index (χ4n) is 1.75. The first kappa shape index (κ1) is 9.86. The lowest BCUT2D eigenvalue weighted by atomic mass is 10.1. The van der Waals surface area contributed by atoms with Crippen LogP contribution in [-0.2, 0) is 4.79 Å². The van der Waals surface area contributed by atoms with Gasteiger partial charge in [0.1, 0.15) is 7.63 Å². The average molecular weight is 215 g/mol. The van der Waals surface area contributed by atoms with E-state index in [1.54, 1.807) is 0 Å². The maximum absolute atomic E-state index is 10.6. The molecule has 0 N–H and O–H groups in total. The predicted molar refractivity (Wildman–Crippen MR) is 67.1 cm³/mol. The Morgan fingerprint density at radius 2 is 1.27 bits per heavy atom. The number of hydrogen-bond acceptors (Lipinski definition) is 1. The summed E-state index contributed by atoms with van der Waals surface area (Å²) in [4.78, 5) is 10.6. The number of rotatable bonds is 12.